The van der Waals surface area contributed by atoms with Crippen LogP contribution >= 0.6 is 24.8 Å². The lowest BCUT2D eigenvalue weighted by molar-refractivity contribution is 0.0740. The lowest BCUT2D eigenvalue weighted by Crippen LogP contribution is -2.40. The number of likely N-dealkylation sites (N-methyl/N-ethyl adjacent to an activating group) is 2. The Labute approximate surface area is 180 Å². The molecule has 6 nitrogen and oxygen atoms in total. The molecule has 1 aromatic heterocycles. The highest BCUT2D eigenvalue weighted by Crippen LogP contribution is 2.23. The maximum Gasteiger partial charge on any atom is 0.349 e. The molecule has 1 atom stereocenters. The van der Waals surface area contributed by atoms with Crippen LogP contribution in [0.2, 0.25) is 0 Å². The van der Waals surface area contributed by atoms with E-state index in [1.165, 1.54) is 0 Å². The minimum Gasteiger partial charge on any atom is -0.427 e. The molecule has 8 heteroatoms. The van der Waals surface area contributed by atoms with Crippen LogP contribution in [0.3, 0.4) is 0 Å². The van der Waals surface area contributed by atoms with E-state index in [-0.39, 0.29) is 42.2 Å². The number of hydrogen-bond donors (Lipinski definition) is 1. The smallest absolute Gasteiger partial charge is 0.349 e. The quantitative estimate of drug-likeness (QED) is 0.679. The maximum absolute atomic E-state index is 12.9. The Morgan fingerprint density at radius 2 is 1.86 bits per heavy atom. The number of rotatable bonds is 8. The molecule has 162 valence electrons. The van der Waals surface area contributed by atoms with E-state index in [0.29, 0.717) is 24.4 Å². The van der Waals surface area contributed by atoms with Gasteiger partial charge in [0.1, 0.15) is 11.3 Å². The summed E-state index contributed by atoms with van der Waals surface area (Å²) in [5.41, 5.74) is 0.392. The van der Waals surface area contributed by atoms with Gasteiger partial charge in [0.15, 0.2) is 0 Å². The van der Waals surface area contributed by atoms with E-state index in [4.69, 9.17) is 4.42 Å². The minimum atomic E-state index is -0.503. The van der Waals surface area contributed by atoms with Crippen LogP contribution in [0.15, 0.2) is 15.3 Å². The molecule has 1 amide bonds. The Balaban J connectivity index is 0.00000364. The minimum absolute atomic E-state index is 0. The Hall–Kier alpha value is -1.08. The molecule has 1 N–H and O–H groups in total. The third-order valence-electron chi connectivity index (χ3n) is 5.33. The third-order valence-corrected chi connectivity index (χ3v) is 5.33. The van der Waals surface area contributed by atoms with Gasteiger partial charge in [-0.05, 0) is 58.0 Å². The highest BCUT2D eigenvalue weighted by atomic mass is 35.5. The van der Waals surface area contributed by atoms with Crippen LogP contribution in [-0.4, -0.2) is 61.5 Å². The van der Waals surface area contributed by atoms with E-state index in [1.807, 2.05) is 19.9 Å². The summed E-state index contributed by atoms with van der Waals surface area (Å²) in [6.07, 6.45) is 2.08. The number of aryl methyl sites for hydroxylation is 1. The van der Waals surface area contributed by atoms with Crippen LogP contribution < -0.4 is 10.9 Å². The highest BCUT2D eigenvalue weighted by molar-refractivity contribution is 5.95. The van der Waals surface area contributed by atoms with Crippen LogP contribution in [0.5, 0.6) is 0 Å². The molecule has 0 radical (unpaired) electrons. The molecule has 0 aliphatic carbocycles. The predicted molar refractivity (Wildman–Crippen MR) is 118 cm³/mol. The van der Waals surface area contributed by atoms with Gasteiger partial charge >= 0.3 is 5.63 Å². The number of piperidine rings is 1. The molecule has 1 aliphatic rings. The molecular weight excluding hydrogens is 401 g/mol. The van der Waals surface area contributed by atoms with Crippen LogP contribution in [0.1, 0.15) is 61.2 Å². The molecule has 2 heterocycles. The molecule has 1 fully saturated rings. The zero-order valence-corrected chi connectivity index (χ0v) is 19.1. The zero-order chi connectivity index (χ0) is 19.1. The molecular formula is C20H35Cl2N3O3. The topological polar surface area (TPSA) is 65.8 Å². The van der Waals surface area contributed by atoms with E-state index in [2.05, 4.69) is 24.1 Å². The zero-order valence-electron chi connectivity index (χ0n) is 17.5. The summed E-state index contributed by atoms with van der Waals surface area (Å²) in [6.45, 7) is 13.7. The molecule has 0 spiro atoms. The number of nitrogens with one attached hydrogen (secondary N) is 1. The maximum atomic E-state index is 12.9. The first-order valence-corrected chi connectivity index (χ1v) is 9.88. The average molecular weight is 436 g/mol. The van der Waals surface area contributed by atoms with Crippen molar-refractivity contribution in [3.05, 3.63) is 33.4 Å². The fourth-order valence-electron chi connectivity index (χ4n) is 3.55. The van der Waals surface area contributed by atoms with Crippen molar-refractivity contribution in [3.63, 3.8) is 0 Å². The summed E-state index contributed by atoms with van der Waals surface area (Å²) < 4.78 is 5.56. The Kier molecular flexibility index (Phi) is 12.7. The number of nitrogens with zero attached hydrogens (tertiary/aromatic N) is 2. The highest BCUT2D eigenvalue weighted by Gasteiger charge is 2.25. The van der Waals surface area contributed by atoms with Gasteiger partial charge in [0.2, 0.25) is 0 Å². The molecule has 2 rings (SSSR count). The van der Waals surface area contributed by atoms with Gasteiger partial charge in [-0.2, -0.15) is 0 Å². The van der Waals surface area contributed by atoms with E-state index >= 15 is 0 Å². The Bertz CT molecular complexity index is 657. The molecule has 1 saturated heterocycles. The van der Waals surface area contributed by atoms with Crippen LogP contribution in [-0.2, 0) is 0 Å². The third kappa shape index (κ3) is 6.76. The first kappa shape index (κ1) is 26.9. The molecule has 0 bridgehead atoms. The van der Waals surface area contributed by atoms with Crippen molar-refractivity contribution in [2.75, 3.05) is 45.8 Å². The van der Waals surface area contributed by atoms with Gasteiger partial charge in [0.05, 0.1) is 0 Å². The van der Waals surface area contributed by atoms with Gasteiger partial charge in [0.25, 0.3) is 5.91 Å². The number of amides is 1. The summed E-state index contributed by atoms with van der Waals surface area (Å²) in [5.74, 6) is 0.686. The second-order valence-electron chi connectivity index (χ2n) is 6.95. The van der Waals surface area contributed by atoms with Crippen LogP contribution in [0, 0.1) is 6.92 Å². The average Bonchev–Trinajstić information content (AvgIpc) is 2.65. The predicted octanol–water partition coefficient (Wildman–Crippen LogP) is 3.06. The van der Waals surface area contributed by atoms with Gasteiger partial charge < -0.3 is 19.5 Å². The first-order valence-electron chi connectivity index (χ1n) is 9.88. The van der Waals surface area contributed by atoms with Crippen LogP contribution in [0.25, 0.3) is 0 Å². The van der Waals surface area contributed by atoms with Crippen LogP contribution in [0.4, 0.5) is 0 Å². The van der Waals surface area contributed by atoms with Crippen molar-refractivity contribution in [1.29, 1.82) is 0 Å². The molecule has 0 aromatic carbocycles. The van der Waals surface area contributed by atoms with Gasteiger partial charge in [0, 0.05) is 32.1 Å². The largest absolute Gasteiger partial charge is 0.427 e. The van der Waals surface area contributed by atoms with Gasteiger partial charge in [-0.15, -0.1) is 24.8 Å². The summed E-state index contributed by atoms with van der Waals surface area (Å²) in [7, 11) is 0. The lowest BCUT2D eigenvalue weighted by atomic mass is 9.95. The van der Waals surface area contributed by atoms with Crippen molar-refractivity contribution >= 4 is 30.7 Å². The number of carbonyl (C=O) groups excluding carboxylic acids is 1. The summed E-state index contributed by atoms with van der Waals surface area (Å²) in [6, 6.07) is 1.88. The number of carbonyl (C=O) groups is 1. The first-order chi connectivity index (χ1) is 12.5. The number of halogens is 2. The van der Waals surface area contributed by atoms with Gasteiger partial charge in [-0.1, -0.05) is 13.8 Å². The molecule has 1 aromatic rings. The van der Waals surface area contributed by atoms with E-state index < -0.39 is 5.63 Å². The normalized spacial score (nSPS) is 16.2. The lowest BCUT2D eigenvalue weighted by Gasteiger charge is -2.26. The van der Waals surface area contributed by atoms with Crippen molar-refractivity contribution in [2.45, 2.75) is 46.5 Å². The van der Waals surface area contributed by atoms with E-state index in [1.54, 1.807) is 4.90 Å². The van der Waals surface area contributed by atoms with E-state index in [0.717, 1.165) is 45.6 Å². The standard InChI is InChI=1S/C20H33N3O3.2ClH/c1-5-22(6-2)11-12-23(7-3)19(24)18-15(4)13-17(26-20(18)25)16-9-8-10-21-14-16;;/h13,16,21H,5-12,14H2,1-4H3;2*1H. The molecule has 1 unspecified atom stereocenters. The second kappa shape index (κ2) is 13.2. The Morgan fingerprint density at radius 3 is 2.36 bits per heavy atom. The van der Waals surface area contributed by atoms with E-state index in [9.17, 15) is 9.59 Å². The van der Waals surface area contributed by atoms with Gasteiger partial charge in [-0.3, -0.25) is 4.79 Å². The monoisotopic (exact) mass is 435 g/mol. The molecule has 28 heavy (non-hydrogen) atoms. The van der Waals surface area contributed by atoms with Gasteiger partial charge in [-0.25, -0.2) is 4.79 Å². The Morgan fingerprint density at radius 1 is 1.18 bits per heavy atom. The molecule has 0 saturated carbocycles. The van der Waals surface area contributed by atoms with Crippen molar-refractivity contribution in [2.24, 2.45) is 0 Å². The van der Waals surface area contributed by atoms with Crippen molar-refractivity contribution < 1.29 is 9.21 Å². The number of hydrogen-bond acceptors (Lipinski definition) is 5. The summed E-state index contributed by atoms with van der Waals surface area (Å²) in [4.78, 5) is 29.5. The summed E-state index contributed by atoms with van der Waals surface area (Å²) in [5, 5.41) is 3.33. The molecule has 1 aliphatic heterocycles. The van der Waals surface area contributed by atoms with Crippen molar-refractivity contribution in [3.8, 4) is 0 Å². The SMILES string of the molecule is CCN(CC)CCN(CC)C(=O)c1c(C)cc(C2CCCNC2)oc1=O.Cl.Cl. The fourth-order valence-corrected chi connectivity index (χ4v) is 3.55. The fraction of sp³-hybridized carbons (Fsp3) is 0.700. The summed E-state index contributed by atoms with van der Waals surface area (Å²) >= 11 is 0. The van der Waals surface area contributed by atoms with Crippen molar-refractivity contribution in [1.82, 2.24) is 15.1 Å². The second-order valence-corrected chi connectivity index (χ2v) is 6.95.